The van der Waals surface area contributed by atoms with Gasteiger partial charge in [-0.1, -0.05) is 30.3 Å². The number of carbonyl (C=O) groups excluding carboxylic acids is 1. The van der Waals surface area contributed by atoms with Crippen LogP contribution in [0.4, 0.5) is 0 Å². The number of aromatic nitrogens is 3. The van der Waals surface area contributed by atoms with Crippen molar-refractivity contribution in [1.82, 2.24) is 25.2 Å². The number of fused-ring (bicyclic) bond motifs is 4. The molecule has 3 heterocycles. The Kier molecular flexibility index (Phi) is 5.94. The Balaban J connectivity index is 0.00000231. The van der Waals surface area contributed by atoms with Crippen molar-refractivity contribution >= 4 is 34.9 Å². The van der Waals surface area contributed by atoms with Crippen LogP contribution < -0.4 is 10.6 Å². The van der Waals surface area contributed by atoms with Gasteiger partial charge in [-0.15, -0.1) is 12.4 Å². The van der Waals surface area contributed by atoms with E-state index in [4.69, 9.17) is 10.1 Å². The van der Waals surface area contributed by atoms with Crippen molar-refractivity contribution < 1.29 is 4.79 Å². The molecule has 160 valence electrons. The molecule has 1 aliphatic heterocycles. The zero-order chi connectivity index (χ0) is 20.7. The number of aryl methyl sites for hydroxylation is 2. The molecule has 0 bridgehead atoms. The maximum Gasteiger partial charge on any atom is 0.220 e. The lowest BCUT2D eigenvalue weighted by Gasteiger charge is -2.11. The molecule has 4 aromatic rings. The normalized spacial score (nSPS) is 12.7. The van der Waals surface area contributed by atoms with E-state index in [-0.39, 0.29) is 18.3 Å². The van der Waals surface area contributed by atoms with Crippen LogP contribution in [0, 0.1) is 13.8 Å². The predicted octanol–water partition coefficient (Wildman–Crippen LogP) is 3.77. The fourth-order valence-electron chi connectivity index (χ4n) is 4.32. The van der Waals surface area contributed by atoms with Gasteiger partial charge in [0.15, 0.2) is 5.65 Å². The Morgan fingerprint density at radius 2 is 1.94 bits per heavy atom. The molecule has 7 heteroatoms. The predicted molar refractivity (Wildman–Crippen MR) is 124 cm³/mol. The molecule has 2 aromatic carbocycles. The zero-order valence-corrected chi connectivity index (χ0v) is 18.6. The SMILES string of the molecule is Cc1nc2c3ccccc3nn2c(C)c1CCC(=O)NCc1ccc2c(c1)CNC2.Cl. The summed E-state index contributed by atoms with van der Waals surface area (Å²) < 4.78 is 1.91. The zero-order valence-electron chi connectivity index (χ0n) is 17.7. The number of rotatable bonds is 5. The van der Waals surface area contributed by atoms with Crippen LogP contribution in [0.2, 0.25) is 0 Å². The second-order valence-corrected chi connectivity index (χ2v) is 8.00. The first-order chi connectivity index (χ1) is 14.6. The molecule has 31 heavy (non-hydrogen) atoms. The Labute approximate surface area is 187 Å². The quantitative estimate of drug-likeness (QED) is 0.500. The number of hydrogen-bond donors (Lipinski definition) is 2. The van der Waals surface area contributed by atoms with Crippen LogP contribution in [0.15, 0.2) is 42.5 Å². The van der Waals surface area contributed by atoms with Crippen LogP contribution in [0.25, 0.3) is 16.6 Å². The number of benzene rings is 2. The fraction of sp³-hybridized carbons (Fsp3) is 0.292. The maximum absolute atomic E-state index is 12.5. The number of amides is 1. The fourth-order valence-corrected chi connectivity index (χ4v) is 4.32. The van der Waals surface area contributed by atoms with Gasteiger partial charge in [0, 0.05) is 42.8 Å². The first kappa shape index (κ1) is 21.3. The Morgan fingerprint density at radius 1 is 1.13 bits per heavy atom. The van der Waals surface area contributed by atoms with Crippen LogP contribution in [0.5, 0.6) is 0 Å². The van der Waals surface area contributed by atoms with Crippen LogP contribution >= 0.6 is 12.4 Å². The molecular weight excluding hydrogens is 410 g/mol. The summed E-state index contributed by atoms with van der Waals surface area (Å²) in [5, 5.41) is 12.2. The minimum Gasteiger partial charge on any atom is -0.352 e. The topological polar surface area (TPSA) is 71.3 Å². The van der Waals surface area contributed by atoms with E-state index in [1.165, 1.54) is 11.1 Å². The molecule has 0 unspecified atom stereocenters. The summed E-state index contributed by atoms with van der Waals surface area (Å²) in [6.07, 6.45) is 1.08. The van der Waals surface area contributed by atoms with Crippen molar-refractivity contribution in [2.45, 2.75) is 46.3 Å². The standard InChI is InChI=1S/C24H25N5O.ClH/c1-15-20(16(2)29-24(27-15)21-5-3-4-6-22(21)28-29)9-10-23(30)26-12-17-7-8-18-13-25-14-19(18)11-17;/h3-8,11,25H,9-10,12-14H2,1-2H3,(H,26,30);1H. The molecule has 0 saturated heterocycles. The lowest BCUT2D eigenvalue weighted by Crippen LogP contribution is -2.23. The molecular formula is C24H26ClN5O. The van der Waals surface area contributed by atoms with Gasteiger partial charge in [0.2, 0.25) is 5.91 Å². The largest absolute Gasteiger partial charge is 0.352 e. The summed E-state index contributed by atoms with van der Waals surface area (Å²) in [6.45, 7) is 6.48. The third-order valence-electron chi connectivity index (χ3n) is 6.01. The van der Waals surface area contributed by atoms with Crippen LogP contribution in [0.1, 0.15) is 40.1 Å². The summed E-state index contributed by atoms with van der Waals surface area (Å²) in [5.74, 6) is 0.0538. The number of nitrogens with one attached hydrogen (secondary N) is 2. The van der Waals surface area contributed by atoms with Crippen LogP contribution in [-0.4, -0.2) is 20.5 Å². The molecule has 0 aliphatic carbocycles. The van der Waals surface area contributed by atoms with E-state index < -0.39 is 0 Å². The Bertz CT molecular complexity index is 1280. The summed E-state index contributed by atoms with van der Waals surface area (Å²) in [6, 6.07) is 14.5. The molecule has 0 radical (unpaired) electrons. The van der Waals surface area contributed by atoms with Gasteiger partial charge in [0.05, 0.1) is 5.52 Å². The minimum atomic E-state index is 0. The lowest BCUT2D eigenvalue weighted by molar-refractivity contribution is -0.121. The summed E-state index contributed by atoms with van der Waals surface area (Å²) >= 11 is 0. The van der Waals surface area contributed by atoms with Crippen molar-refractivity contribution in [3.63, 3.8) is 0 Å². The highest BCUT2D eigenvalue weighted by atomic mass is 35.5. The van der Waals surface area contributed by atoms with Crippen molar-refractivity contribution in [1.29, 1.82) is 0 Å². The molecule has 2 aromatic heterocycles. The van der Waals surface area contributed by atoms with E-state index in [0.29, 0.717) is 19.4 Å². The Morgan fingerprint density at radius 3 is 2.81 bits per heavy atom. The smallest absolute Gasteiger partial charge is 0.220 e. The average Bonchev–Trinajstić information content (AvgIpc) is 3.36. The van der Waals surface area contributed by atoms with Gasteiger partial charge >= 0.3 is 0 Å². The molecule has 0 saturated carbocycles. The number of hydrogen-bond acceptors (Lipinski definition) is 4. The highest BCUT2D eigenvalue weighted by Gasteiger charge is 2.15. The summed E-state index contributed by atoms with van der Waals surface area (Å²) in [5.41, 5.74) is 8.74. The molecule has 0 fully saturated rings. The maximum atomic E-state index is 12.5. The third kappa shape index (κ3) is 4.01. The molecule has 1 aliphatic rings. The van der Waals surface area contributed by atoms with Crippen LogP contribution in [0.3, 0.4) is 0 Å². The van der Waals surface area contributed by atoms with Crippen molar-refractivity contribution in [3.05, 3.63) is 76.1 Å². The van der Waals surface area contributed by atoms with Crippen molar-refractivity contribution in [2.75, 3.05) is 0 Å². The molecule has 5 rings (SSSR count). The van der Waals surface area contributed by atoms with Gasteiger partial charge in [-0.25, -0.2) is 9.50 Å². The monoisotopic (exact) mass is 435 g/mol. The molecule has 6 nitrogen and oxygen atoms in total. The van der Waals surface area contributed by atoms with E-state index in [0.717, 1.165) is 52.2 Å². The van der Waals surface area contributed by atoms with Gasteiger partial charge in [-0.05, 0) is 54.7 Å². The first-order valence-corrected chi connectivity index (χ1v) is 10.4. The average molecular weight is 436 g/mol. The highest BCUT2D eigenvalue weighted by molar-refractivity contribution is 5.92. The van der Waals surface area contributed by atoms with Crippen molar-refractivity contribution in [3.8, 4) is 0 Å². The summed E-state index contributed by atoms with van der Waals surface area (Å²) in [4.78, 5) is 17.3. The number of carbonyl (C=O) groups is 1. The number of halogens is 1. The van der Waals surface area contributed by atoms with Gasteiger partial charge < -0.3 is 10.6 Å². The summed E-state index contributed by atoms with van der Waals surface area (Å²) in [7, 11) is 0. The molecule has 0 atom stereocenters. The van der Waals surface area contributed by atoms with Crippen LogP contribution in [-0.2, 0) is 30.8 Å². The van der Waals surface area contributed by atoms with Gasteiger partial charge in [0.1, 0.15) is 0 Å². The molecule has 1 amide bonds. The van der Waals surface area contributed by atoms with E-state index in [1.807, 2.05) is 35.7 Å². The van der Waals surface area contributed by atoms with E-state index in [2.05, 4.69) is 35.8 Å². The highest BCUT2D eigenvalue weighted by Crippen LogP contribution is 2.23. The lowest BCUT2D eigenvalue weighted by atomic mass is 10.1. The number of nitrogens with zero attached hydrogens (tertiary/aromatic N) is 3. The van der Waals surface area contributed by atoms with Gasteiger partial charge in [0.25, 0.3) is 0 Å². The van der Waals surface area contributed by atoms with Gasteiger partial charge in [-0.3, -0.25) is 4.79 Å². The second kappa shape index (κ2) is 8.65. The first-order valence-electron chi connectivity index (χ1n) is 10.4. The van der Waals surface area contributed by atoms with Crippen molar-refractivity contribution in [2.24, 2.45) is 0 Å². The third-order valence-corrected chi connectivity index (χ3v) is 6.01. The van der Waals surface area contributed by atoms with E-state index in [1.54, 1.807) is 0 Å². The molecule has 2 N–H and O–H groups in total. The minimum absolute atomic E-state index is 0. The van der Waals surface area contributed by atoms with E-state index >= 15 is 0 Å². The van der Waals surface area contributed by atoms with Gasteiger partial charge in [-0.2, -0.15) is 5.10 Å². The van der Waals surface area contributed by atoms with E-state index in [9.17, 15) is 4.79 Å². The molecule has 0 spiro atoms. The second-order valence-electron chi connectivity index (χ2n) is 8.00. The Hall–Kier alpha value is -2.96.